The monoisotopic (exact) mass is 358 g/mol. The lowest BCUT2D eigenvalue weighted by Gasteiger charge is -2.28. The molecule has 1 unspecified atom stereocenters. The van der Waals surface area contributed by atoms with Gasteiger partial charge in [0.05, 0.1) is 18.3 Å². The number of rotatable bonds is 6. The summed E-state index contributed by atoms with van der Waals surface area (Å²) in [5.74, 6) is 0.569. The van der Waals surface area contributed by atoms with Gasteiger partial charge in [0.25, 0.3) is 0 Å². The molecule has 5 atom stereocenters. The second kappa shape index (κ2) is 8.83. The Labute approximate surface area is 156 Å². The lowest BCUT2D eigenvalue weighted by atomic mass is 9.87. The molecule has 1 aromatic rings. The Morgan fingerprint density at radius 3 is 2.69 bits per heavy atom. The average Bonchev–Trinajstić information content (AvgIpc) is 2.97. The summed E-state index contributed by atoms with van der Waals surface area (Å²) in [4.78, 5) is 12.3. The maximum Gasteiger partial charge on any atom is 0.338 e. The number of benzene rings is 1. The normalized spacial score (nSPS) is 31.5. The van der Waals surface area contributed by atoms with Crippen LogP contribution in [0.15, 0.2) is 42.5 Å². The van der Waals surface area contributed by atoms with Crippen LogP contribution in [0.5, 0.6) is 0 Å². The molecule has 2 fully saturated rings. The molecule has 26 heavy (non-hydrogen) atoms. The molecule has 1 saturated heterocycles. The smallest absolute Gasteiger partial charge is 0.338 e. The highest BCUT2D eigenvalue weighted by Gasteiger charge is 2.43. The standard InChI is InChI=1S/C22H30O4/c1-15(2)18-13-20(26-21-11-7-8-12-24-21)16(3)19(18)14-25-22(23)17-9-5-4-6-10-17/h4-6,9-10,16,18-21H,1,7-8,11-14H2,2-3H3/t16-,18-,19-,20+,21?/m0/s1. The van der Waals surface area contributed by atoms with E-state index in [0.717, 1.165) is 37.9 Å². The molecule has 0 spiro atoms. The van der Waals surface area contributed by atoms with Gasteiger partial charge in [0, 0.05) is 12.5 Å². The molecule has 0 radical (unpaired) electrons. The van der Waals surface area contributed by atoms with Gasteiger partial charge in [-0.3, -0.25) is 0 Å². The van der Waals surface area contributed by atoms with Gasteiger partial charge in [-0.05, 0) is 56.6 Å². The van der Waals surface area contributed by atoms with Crippen molar-refractivity contribution in [3.05, 3.63) is 48.0 Å². The van der Waals surface area contributed by atoms with Crippen molar-refractivity contribution in [2.45, 2.75) is 51.9 Å². The first kappa shape index (κ1) is 19.1. The zero-order valence-electron chi connectivity index (χ0n) is 15.9. The summed E-state index contributed by atoms with van der Waals surface area (Å²) >= 11 is 0. The highest BCUT2D eigenvalue weighted by atomic mass is 16.7. The quantitative estimate of drug-likeness (QED) is 0.550. The second-order valence-electron chi connectivity index (χ2n) is 7.65. The van der Waals surface area contributed by atoms with Crippen molar-refractivity contribution in [2.24, 2.45) is 17.8 Å². The average molecular weight is 358 g/mol. The molecule has 0 amide bonds. The van der Waals surface area contributed by atoms with Crippen molar-refractivity contribution >= 4 is 5.97 Å². The summed E-state index contributed by atoms with van der Waals surface area (Å²) in [5, 5.41) is 0. The first-order chi connectivity index (χ1) is 12.6. The molecule has 1 heterocycles. The van der Waals surface area contributed by atoms with E-state index in [1.807, 2.05) is 18.2 Å². The molecule has 2 aliphatic rings. The Balaban J connectivity index is 1.60. The van der Waals surface area contributed by atoms with Gasteiger partial charge in [-0.2, -0.15) is 0 Å². The number of hydrogen-bond acceptors (Lipinski definition) is 4. The van der Waals surface area contributed by atoms with Crippen LogP contribution in [-0.2, 0) is 14.2 Å². The van der Waals surface area contributed by atoms with Crippen molar-refractivity contribution in [1.29, 1.82) is 0 Å². The van der Waals surface area contributed by atoms with Crippen LogP contribution in [0, 0.1) is 17.8 Å². The fraction of sp³-hybridized carbons (Fsp3) is 0.591. The van der Waals surface area contributed by atoms with Gasteiger partial charge in [0.1, 0.15) is 0 Å². The number of carbonyl (C=O) groups is 1. The lowest BCUT2D eigenvalue weighted by Crippen LogP contribution is -2.31. The third kappa shape index (κ3) is 4.54. The van der Waals surface area contributed by atoms with E-state index in [0.29, 0.717) is 24.0 Å². The lowest BCUT2D eigenvalue weighted by molar-refractivity contribution is -0.195. The Morgan fingerprint density at radius 2 is 2.04 bits per heavy atom. The minimum atomic E-state index is -0.266. The van der Waals surface area contributed by atoms with Crippen molar-refractivity contribution in [1.82, 2.24) is 0 Å². The van der Waals surface area contributed by atoms with Crippen molar-refractivity contribution < 1.29 is 19.0 Å². The Morgan fingerprint density at radius 1 is 1.27 bits per heavy atom. The molecule has 1 saturated carbocycles. The third-order valence-corrected chi connectivity index (χ3v) is 5.78. The van der Waals surface area contributed by atoms with Gasteiger partial charge in [-0.25, -0.2) is 4.79 Å². The number of carbonyl (C=O) groups excluding carboxylic acids is 1. The van der Waals surface area contributed by atoms with Crippen LogP contribution >= 0.6 is 0 Å². The second-order valence-corrected chi connectivity index (χ2v) is 7.65. The van der Waals surface area contributed by atoms with E-state index in [-0.39, 0.29) is 24.3 Å². The third-order valence-electron chi connectivity index (χ3n) is 5.78. The van der Waals surface area contributed by atoms with Crippen LogP contribution in [0.1, 0.15) is 49.9 Å². The maximum atomic E-state index is 12.3. The van der Waals surface area contributed by atoms with E-state index in [2.05, 4.69) is 20.4 Å². The van der Waals surface area contributed by atoms with Gasteiger partial charge in [-0.1, -0.05) is 37.3 Å². The highest BCUT2D eigenvalue weighted by molar-refractivity contribution is 5.89. The zero-order chi connectivity index (χ0) is 18.5. The van der Waals surface area contributed by atoms with E-state index < -0.39 is 0 Å². The number of esters is 1. The fourth-order valence-electron chi connectivity index (χ4n) is 4.14. The highest BCUT2D eigenvalue weighted by Crippen LogP contribution is 2.43. The van der Waals surface area contributed by atoms with Gasteiger partial charge in [0.2, 0.25) is 0 Å². The first-order valence-electron chi connectivity index (χ1n) is 9.71. The summed E-state index contributed by atoms with van der Waals surface area (Å²) in [6.07, 6.45) is 4.20. The number of allylic oxidation sites excluding steroid dienone is 1. The Hall–Kier alpha value is -1.65. The molecule has 1 aliphatic carbocycles. The molecule has 4 nitrogen and oxygen atoms in total. The topological polar surface area (TPSA) is 44.8 Å². The van der Waals surface area contributed by atoms with Crippen LogP contribution in [0.4, 0.5) is 0 Å². The molecule has 0 aromatic heterocycles. The molecular formula is C22H30O4. The van der Waals surface area contributed by atoms with Crippen LogP contribution in [0.25, 0.3) is 0 Å². The summed E-state index contributed by atoms with van der Waals surface area (Å²) in [6, 6.07) is 9.15. The summed E-state index contributed by atoms with van der Waals surface area (Å²) < 4.78 is 17.6. The summed E-state index contributed by atoms with van der Waals surface area (Å²) in [6.45, 7) is 9.60. The molecule has 142 valence electrons. The van der Waals surface area contributed by atoms with Crippen molar-refractivity contribution in [3.8, 4) is 0 Å². The molecule has 1 aliphatic heterocycles. The predicted molar refractivity (Wildman–Crippen MR) is 101 cm³/mol. The van der Waals surface area contributed by atoms with Gasteiger partial charge < -0.3 is 14.2 Å². The molecule has 4 heteroatoms. The van der Waals surface area contributed by atoms with Crippen LogP contribution < -0.4 is 0 Å². The Kier molecular flexibility index (Phi) is 6.49. The summed E-state index contributed by atoms with van der Waals surface area (Å²) in [5.41, 5.74) is 1.72. The van der Waals surface area contributed by atoms with E-state index in [9.17, 15) is 4.79 Å². The van der Waals surface area contributed by atoms with E-state index in [4.69, 9.17) is 14.2 Å². The van der Waals surface area contributed by atoms with E-state index in [1.54, 1.807) is 12.1 Å². The van der Waals surface area contributed by atoms with Crippen molar-refractivity contribution in [3.63, 3.8) is 0 Å². The summed E-state index contributed by atoms with van der Waals surface area (Å²) in [7, 11) is 0. The number of hydrogen-bond donors (Lipinski definition) is 0. The molecule has 3 rings (SSSR count). The molecule has 0 N–H and O–H groups in total. The number of ether oxygens (including phenoxy) is 3. The van der Waals surface area contributed by atoms with Crippen LogP contribution in [0.2, 0.25) is 0 Å². The minimum absolute atomic E-state index is 0.0902. The Bertz CT molecular complexity index is 606. The SMILES string of the molecule is C=C(C)[C@@H]1C[C@@H](OC2CCCCO2)[C@@H](C)[C@@H]1COC(=O)c1ccccc1. The van der Waals surface area contributed by atoms with Gasteiger partial charge in [0.15, 0.2) is 6.29 Å². The van der Waals surface area contributed by atoms with Crippen molar-refractivity contribution in [2.75, 3.05) is 13.2 Å². The van der Waals surface area contributed by atoms with Gasteiger partial charge in [-0.15, -0.1) is 0 Å². The molecule has 0 bridgehead atoms. The van der Waals surface area contributed by atoms with Crippen LogP contribution in [0.3, 0.4) is 0 Å². The van der Waals surface area contributed by atoms with E-state index in [1.165, 1.54) is 0 Å². The predicted octanol–water partition coefficient (Wildman–Crippen LogP) is 4.60. The minimum Gasteiger partial charge on any atom is -0.462 e. The zero-order valence-corrected chi connectivity index (χ0v) is 15.9. The molecular weight excluding hydrogens is 328 g/mol. The largest absolute Gasteiger partial charge is 0.462 e. The van der Waals surface area contributed by atoms with Crippen LogP contribution in [-0.4, -0.2) is 31.6 Å². The van der Waals surface area contributed by atoms with E-state index >= 15 is 0 Å². The first-order valence-corrected chi connectivity index (χ1v) is 9.71. The molecule has 1 aromatic carbocycles. The van der Waals surface area contributed by atoms with Gasteiger partial charge >= 0.3 is 5.97 Å². The maximum absolute atomic E-state index is 12.3. The fourth-order valence-corrected chi connectivity index (χ4v) is 4.14.